The highest BCUT2D eigenvalue weighted by Crippen LogP contribution is 2.08. The normalized spacial score (nSPS) is 28.0. The van der Waals surface area contributed by atoms with Crippen molar-refractivity contribution < 1.29 is 19.7 Å². The van der Waals surface area contributed by atoms with Gasteiger partial charge in [-0.1, -0.05) is 0 Å². The van der Waals surface area contributed by atoms with Gasteiger partial charge in [0.1, 0.15) is 12.2 Å². The maximum atomic E-state index is 11.7. The summed E-state index contributed by atoms with van der Waals surface area (Å²) >= 11 is 0. The predicted octanol–water partition coefficient (Wildman–Crippen LogP) is -0.885. The van der Waals surface area contributed by atoms with Crippen molar-refractivity contribution in [3.8, 4) is 0 Å². The number of aryl methyl sites for hydroxylation is 1. The average Bonchev–Trinajstić information content (AvgIpc) is 2.86. The zero-order valence-corrected chi connectivity index (χ0v) is 10.0. The summed E-state index contributed by atoms with van der Waals surface area (Å²) in [5.74, 6) is -0.162. The zero-order chi connectivity index (χ0) is 13.0. The molecule has 0 aliphatic carbocycles. The van der Waals surface area contributed by atoms with Gasteiger partial charge in [0.25, 0.3) is 0 Å². The van der Waals surface area contributed by atoms with Crippen LogP contribution in [0.15, 0.2) is 24.5 Å². The first-order chi connectivity index (χ1) is 8.66. The van der Waals surface area contributed by atoms with Gasteiger partial charge in [-0.05, 0) is 12.1 Å². The number of rotatable bonds is 4. The van der Waals surface area contributed by atoms with E-state index >= 15 is 0 Å². The van der Waals surface area contributed by atoms with Gasteiger partial charge in [-0.15, -0.1) is 0 Å². The van der Waals surface area contributed by atoms with Crippen LogP contribution in [-0.2, 0) is 16.1 Å². The molecule has 0 unspecified atom stereocenters. The maximum Gasteiger partial charge on any atom is 0.222 e. The van der Waals surface area contributed by atoms with Gasteiger partial charge in [0, 0.05) is 25.4 Å². The van der Waals surface area contributed by atoms with Gasteiger partial charge in [0.15, 0.2) is 0 Å². The molecular weight excluding hydrogens is 236 g/mol. The zero-order valence-electron chi connectivity index (χ0n) is 10.0. The van der Waals surface area contributed by atoms with Crippen molar-refractivity contribution in [3.63, 3.8) is 0 Å². The van der Waals surface area contributed by atoms with Gasteiger partial charge in [-0.25, -0.2) is 0 Å². The van der Waals surface area contributed by atoms with Crippen molar-refractivity contribution in [3.05, 3.63) is 24.5 Å². The van der Waals surface area contributed by atoms with Crippen LogP contribution in [0.1, 0.15) is 6.42 Å². The molecule has 0 spiro atoms. The smallest absolute Gasteiger partial charge is 0.222 e. The molecule has 1 fully saturated rings. The van der Waals surface area contributed by atoms with Crippen LogP contribution in [0.2, 0.25) is 0 Å². The van der Waals surface area contributed by atoms with E-state index in [1.54, 1.807) is 0 Å². The van der Waals surface area contributed by atoms with E-state index in [4.69, 9.17) is 4.74 Å². The molecule has 1 saturated heterocycles. The Kier molecular flexibility index (Phi) is 4.35. The maximum absolute atomic E-state index is 11.7. The standard InChI is InChI=1S/C12H18N2O4/c15-10-8-18-7-9(12(10)17)13-11(16)3-6-14-4-1-2-5-14/h1-2,4-5,9-10,12,15,17H,3,6-8H2,(H,13,16)/t9-,10-,12+/m1/s1. The van der Waals surface area contributed by atoms with Crippen LogP contribution < -0.4 is 5.32 Å². The number of ether oxygens (including phenoxy) is 1. The number of nitrogens with zero attached hydrogens (tertiary/aromatic N) is 1. The molecule has 0 aromatic carbocycles. The van der Waals surface area contributed by atoms with E-state index in [0.717, 1.165) is 0 Å². The van der Waals surface area contributed by atoms with Gasteiger partial charge in [0.05, 0.1) is 19.3 Å². The fourth-order valence-corrected chi connectivity index (χ4v) is 1.94. The van der Waals surface area contributed by atoms with E-state index < -0.39 is 18.2 Å². The number of aliphatic hydroxyl groups excluding tert-OH is 2. The van der Waals surface area contributed by atoms with E-state index in [-0.39, 0.29) is 19.1 Å². The summed E-state index contributed by atoms with van der Waals surface area (Å²) < 4.78 is 6.99. The fourth-order valence-electron chi connectivity index (χ4n) is 1.94. The molecule has 0 radical (unpaired) electrons. The van der Waals surface area contributed by atoms with Crippen molar-refractivity contribution in [2.45, 2.75) is 31.2 Å². The molecule has 100 valence electrons. The van der Waals surface area contributed by atoms with Crippen molar-refractivity contribution in [2.75, 3.05) is 13.2 Å². The molecule has 3 atom stereocenters. The average molecular weight is 254 g/mol. The molecule has 18 heavy (non-hydrogen) atoms. The Morgan fingerprint density at radius 2 is 2.06 bits per heavy atom. The highest BCUT2D eigenvalue weighted by molar-refractivity contribution is 5.76. The molecular formula is C12H18N2O4. The molecule has 2 heterocycles. The second-order valence-corrected chi connectivity index (χ2v) is 4.44. The lowest BCUT2D eigenvalue weighted by molar-refractivity contribution is -0.131. The molecule has 1 aromatic rings. The van der Waals surface area contributed by atoms with Gasteiger partial charge in [-0.3, -0.25) is 4.79 Å². The van der Waals surface area contributed by atoms with Crippen LogP contribution in [-0.4, -0.2) is 52.2 Å². The molecule has 1 aromatic heterocycles. The summed E-state index contributed by atoms with van der Waals surface area (Å²) in [5.41, 5.74) is 0. The summed E-state index contributed by atoms with van der Waals surface area (Å²) in [6.45, 7) is 0.926. The monoisotopic (exact) mass is 254 g/mol. The van der Waals surface area contributed by atoms with E-state index in [1.807, 2.05) is 29.1 Å². The lowest BCUT2D eigenvalue weighted by atomic mass is 10.0. The van der Waals surface area contributed by atoms with Gasteiger partial charge in [-0.2, -0.15) is 0 Å². The van der Waals surface area contributed by atoms with Crippen molar-refractivity contribution >= 4 is 5.91 Å². The Hall–Kier alpha value is -1.37. The molecule has 0 saturated carbocycles. The molecule has 0 bridgehead atoms. The molecule has 6 nitrogen and oxygen atoms in total. The van der Waals surface area contributed by atoms with Crippen molar-refractivity contribution in [2.24, 2.45) is 0 Å². The van der Waals surface area contributed by atoms with Crippen LogP contribution in [0.3, 0.4) is 0 Å². The first-order valence-corrected chi connectivity index (χ1v) is 6.01. The third kappa shape index (κ3) is 3.32. The summed E-state index contributed by atoms with van der Waals surface area (Å²) in [5, 5.41) is 21.8. The Bertz CT molecular complexity index is 379. The minimum Gasteiger partial charge on any atom is -0.388 e. The number of carbonyl (C=O) groups excluding carboxylic acids is 1. The van der Waals surface area contributed by atoms with Crippen LogP contribution in [0.25, 0.3) is 0 Å². The topological polar surface area (TPSA) is 83.7 Å². The van der Waals surface area contributed by atoms with Crippen molar-refractivity contribution in [1.82, 2.24) is 9.88 Å². The van der Waals surface area contributed by atoms with Crippen LogP contribution >= 0.6 is 0 Å². The van der Waals surface area contributed by atoms with E-state index in [2.05, 4.69) is 5.32 Å². The predicted molar refractivity (Wildman–Crippen MR) is 63.8 cm³/mol. The van der Waals surface area contributed by atoms with E-state index in [0.29, 0.717) is 13.0 Å². The number of carbonyl (C=O) groups is 1. The third-order valence-electron chi connectivity index (χ3n) is 3.00. The highest BCUT2D eigenvalue weighted by atomic mass is 16.5. The third-order valence-corrected chi connectivity index (χ3v) is 3.00. The number of aliphatic hydroxyl groups is 2. The second-order valence-electron chi connectivity index (χ2n) is 4.44. The van der Waals surface area contributed by atoms with E-state index in [9.17, 15) is 15.0 Å². The van der Waals surface area contributed by atoms with Gasteiger partial charge >= 0.3 is 0 Å². The molecule has 2 rings (SSSR count). The first kappa shape index (κ1) is 13.1. The largest absolute Gasteiger partial charge is 0.388 e. The summed E-state index contributed by atoms with van der Waals surface area (Å²) in [6.07, 6.45) is 2.20. The van der Waals surface area contributed by atoms with E-state index in [1.165, 1.54) is 0 Å². The lowest BCUT2D eigenvalue weighted by Gasteiger charge is -2.32. The van der Waals surface area contributed by atoms with Gasteiger partial charge < -0.3 is 24.8 Å². The summed E-state index contributed by atoms with van der Waals surface area (Å²) in [6, 6.07) is 3.26. The Morgan fingerprint density at radius 1 is 1.33 bits per heavy atom. The number of aromatic nitrogens is 1. The summed E-state index contributed by atoms with van der Waals surface area (Å²) in [4.78, 5) is 11.7. The number of amides is 1. The van der Waals surface area contributed by atoms with Crippen LogP contribution in [0.4, 0.5) is 0 Å². The molecule has 3 N–H and O–H groups in total. The van der Waals surface area contributed by atoms with Crippen molar-refractivity contribution in [1.29, 1.82) is 0 Å². The minimum atomic E-state index is -0.964. The molecule has 1 aliphatic heterocycles. The molecule has 1 amide bonds. The first-order valence-electron chi connectivity index (χ1n) is 6.01. The van der Waals surface area contributed by atoms with Crippen LogP contribution in [0.5, 0.6) is 0 Å². The molecule has 6 heteroatoms. The number of hydrogen-bond donors (Lipinski definition) is 3. The quantitative estimate of drug-likeness (QED) is 0.651. The SMILES string of the molecule is O=C(CCn1cccc1)N[C@@H]1COC[C@@H](O)[C@H]1O. The number of nitrogens with one attached hydrogen (secondary N) is 1. The Labute approximate surface area is 105 Å². The minimum absolute atomic E-state index is 0.108. The van der Waals surface area contributed by atoms with Gasteiger partial charge in [0.2, 0.25) is 5.91 Å². The summed E-state index contributed by atoms with van der Waals surface area (Å²) in [7, 11) is 0. The lowest BCUT2D eigenvalue weighted by Crippen LogP contribution is -2.55. The highest BCUT2D eigenvalue weighted by Gasteiger charge is 2.32. The number of hydrogen-bond acceptors (Lipinski definition) is 4. The van der Waals surface area contributed by atoms with Crippen LogP contribution in [0, 0.1) is 0 Å². The second kappa shape index (κ2) is 5.99. The Morgan fingerprint density at radius 3 is 2.78 bits per heavy atom. The fraction of sp³-hybridized carbons (Fsp3) is 0.583. The Balaban J connectivity index is 1.76. The molecule has 1 aliphatic rings.